The summed E-state index contributed by atoms with van der Waals surface area (Å²) in [5, 5.41) is 13.9. The predicted octanol–water partition coefficient (Wildman–Crippen LogP) is 2.24. The zero-order valence-electron chi connectivity index (χ0n) is 14.3. The summed E-state index contributed by atoms with van der Waals surface area (Å²) in [6.07, 6.45) is 1.48. The minimum absolute atomic E-state index is 0.0318. The van der Waals surface area contributed by atoms with Crippen LogP contribution in [0.3, 0.4) is 0 Å². The first kappa shape index (κ1) is 18.8. The van der Waals surface area contributed by atoms with E-state index >= 15 is 0 Å². The molecule has 136 valence electrons. The summed E-state index contributed by atoms with van der Waals surface area (Å²) in [5.41, 5.74) is 0.198. The first-order valence-electron chi connectivity index (χ1n) is 7.73. The minimum Gasteiger partial charge on any atom is -0.469 e. The maximum Gasteiger partial charge on any atom is 0.307 e. The molecule has 2 rings (SSSR count). The molecule has 1 aromatic carbocycles. The van der Waals surface area contributed by atoms with Crippen LogP contribution in [0.15, 0.2) is 42.6 Å². The molecule has 1 heterocycles. The Morgan fingerprint density at radius 2 is 2.08 bits per heavy atom. The Balaban J connectivity index is 2.38. The largest absolute Gasteiger partial charge is 0.469 e. The predicted molar refractivity (Wildman–Crippen MR) is 95.2 cm³/mol. The van der Waals surface area contributed by atoms with E-state index in [1.807, 2.05) is 0 Å². The number of pyridine rings is 1. The summed E-state index contributed by atoms with van der Waals surface area (Å²) in [6.45, 7) is 0.0318. The number of nitro benzene ring substituents is 1. The summed E-state index contributed by atoms with van der Waals surface area (Å²) in [7, 11) is 2.81. The van der Waals surface area contributed by atoms with Gasteiger partial charge in [0.2, 0.25) is 0 Å². The van der Waals surface area contributed by atoms with E-state index in [1.54, 1.807) is 25.2 Å². The zero-order valence-corrected chi connectivity index (χ0v) is 14.3. The normalized spacial score (nSPS) is 10.1. The van der Waals surface area contributed by atoms with E-state index in [0.717, 1.165) is 0 Å². The molecule has 0 aliphatic heterocycles. The fraction of sp³-hybridized carbons (Fsp3) is 0.235. The number of benzene rings is 1. The molecular weight excluding hydrogens is 340 g/mol. The highest BCUT2D eigenvalue weighted by Gasteiger charge is 2.23. The van der Waals surface area contributed by atoms with Gasteiger partial charge < -0.3 is 10.1 Å². The maximum absolute atomic E-state index is 12.9. The number of carbonyl (C=O) groups excluding carboxylic acids is 2. The van der Waals surface area contributed by atoms with Crippen LogP contribution in [0.25, 0.3) is 0 Å². The van der Waals surface area contributed by atoms with Gasteiger partial charge in [0.25, 0.3) is 11.6 Å². The lowest BCUT2D eigenvalue weighted by Gasteiger charge is -2.21. The monoisotopic (exact) mass is 358 g/mol. The van der Waals surface area contributed by atoms with E-state index in [9.17, 15) is 19.7 Å². The number of carbonyl (C=O) groups is 2. The molecule has 2 aromatic rings. The van der Waals surface area contributed by atoms with Crippen LogP contribution >= 0.6 is 0 Å². The van der Waals surface area contributed by atoms with Gasteiger partial charge in [-0.3, -0.25) is 24.6 Å². The lowest BCUT2D eigenvalue weighted by atomic mass is 10.1. The van der Waals surface area contributed by atoms with Crippen molar-refractivity contribution in [3.63, 3.8) is 0 Å². The van der Waals surface area contributed by atoms with Gasteiger partial charge in [-0.15, -0.1) is 0 Å². The second-order valence-electron chi connectivity index (χ2n) is 5.21. The van der Waals surface area contributed by atoms with Gasteiger partial charge >= 0.3 is 5.97 Å². The van der Waals surface area contributed by atoms with Gasteiger partial charge in [0.15, 0.2) is 0 Å². The van der Waals surface area contributed by atoms with Crippen LogP contribution in [0, 0.1) is 10.1 Å². The number of ether oxygens (including phenoxy) is 1. The van der Waals surface area contributed by atoms with Gasteiger partial charge in [-0.05, 0) is 24.3 Å². The van der Waals surface area contributed by atoms with Crippen LogP contribution in [0.1, 0.15) is 16.8 Å². The van der Waals surface area contributed by atoms with Crippen LogP contribution in [0.4, 0.5) is 17.2 Å². The SMILES string of the molecule is CNc1ccc(C(=O)N(CCC(=O)OC)c2ccccn2)cc1[N+](=O)[O-]. The van der Waals surface area contributed by atoms with Crippen LogP contribution < -0.4 is 10.2 Å². The van der Waals surface area contributed by atoms with Crippen molar-refractivity contribution in [1.82, 2.24) is 4.98 Å². The molecule has 0 atom stereocenters. The van der Waals surface area contributed by atoms with Crippen LogP contribution in [-0.4, -0.2) is 42.5 Å². The van der Waals surface area contributed by atoms with Crippen molar-refractivity contribution in [1.29, 1.82) is 0 Å². The van der Waals surface area contributed by atoms with E-state index in [-0.39, 0.29) is 24.2 Å². The first-order valence-corrected chi connectivity index (χ1v) is 7.73. The molecule has 9 heteroatoms. The van der Waals surface area contributed by atoms with Gasteiger partial charge in [-0.1, -0.05) is 6.07 Å². The van der Waals surface area contributed by atoms with Gasteiger partial charge in [-0.25, -0.2) is 4.98 Å². The number of rotatable bonds is 7. The van der Waals surface area contributed by atoms with Gasteiger partial charge in [0.1, 0.15) is 11.5 Å². The molecule has 1 amide bonds. The number of amides is 1. The number of methoxy groups -OCH3 is 1. The summed E-state index contributed by atoms with van der Waals surface area (Å²) in [5.74, 6) is -0.643. The fourth-order valence-corrected chi connectivity index (χ4v) is 2.32. The standard InChI is InChI=1S/C17H18N4O5/c1-18-13-7-6-12(11-14(13)21(24)25)17(23)20(10-8-16(22)26-2)15-5-3-4-9-19-15/h3-7,9,11,18H,8,10H2,1-2H3. The molecule has 26 heavy (non-hydrogen) atoms. The van der Waals surface area contributed by atoms with Crippen LogP contribution in [-0.2, 0) is 9.53 Å². The second kappa shape index (κ2) is 8.56. The van der Waals surface area contributed by atoms with Crippen molar-refractivity contribution in [2.75, 3.05) is 30.9 Å². The summed E-state index contributed by atoms with van der Waals surface area (Å²) in [6, 6.07) is 9.15. The molecule has 0 saturated heterocycles. The Bertz CT molecular complexity index is 810. The Morgan fingerprint density at radius 1 is 1.31 bits per heavy atom. The summed E-state index contributed by atoms with van der Waals surface area (Å²) >= 11 is 0. The van der Waals surface area contributed by atoms with Gasteiger partial charge in [0, 0.05) is 31.4 Å². The Labute approximate surface area is 149 Å². The lowest BCUT2D eigenvalue weighted by molar-refractivity contribution is -0.384. The highest BCUT2D eigenvalue weighted by Crippen LogP contribution is 2.26. The molecule has 0 fully saturated rings. The third-order valence-electron chi connectivity index (χ3n) is 3.65. The third kappa shape index (κ3) is 4.32. The molecule has 0 bridgehead atoms. The van der Waals surface area contributed by atoms with E-state index in [0.29, 0.717) is 11.5 Å². The number of nitro groups is 1. The molecule has 0 unspecified atom stereocenters. The van der Waals surface area contributed by atoms with Crippen molar-refractivity contribution in [3.05, 3.63) is 58.3 Å². The van der Waals surface area contributed by atoms with Crippen molar-refractivity contribution < 1.29 is 19.2 Å². The Morgan fingerprint density at radius 3 is 2.65 bits per heavy atom. The van der Waals surface area contributed by atoms with Crippen molar-refractivity contribution in [2.45, 2.75) is 6.42 Å². The third-order valence-corrected chi connectivity index (χ3v) is 3.65. The number of esters is 1. The smallest absolute Gasteiger partial charge is 0.307 e. The number of hydrogen-bond donors (Lipinski definition) is 1. The van der Waals surface area contributed by atoms with Crippen molar-refractivity contribution in [2.24, 2.45) is 0 Å². The number of nitrogens with zero attached hydrogens (tertiary/aromatic N) is 3. The quantitative estimate of drug-likeness (QED) is 0.458. The number of hydrogen-bond acceptors (Lipinski definition) is 7. The molecular formula is C17H18N4O5. The molecule has 1 N–H and O–H groups in total. The van der Waals surface area contributed by atoms with E-state index in [4.69, 9.17) is 0 Å². The van der Waals surface area contributed by atoms with E-state index < -0.39 is 16.8 Å². The first-order chi connectivity index (χ1) is 12.5. The molecule has 0 radical (unpaired) electrons. The van der Waals surface area contributed by atoms with Crippen LogP contribution in [0.2, 0.25) is 0 Å². The topological polar surface area (TPSA) is 115 Å². The molecule has 0 aliphatic rings. The van der Waals surface area contributed by atoms with Gasteiger partial charge in [-0.2, -0.15) is 0 Å². The average molecular weight is 358 g/mol. The molecule has 9 nitrogen and oxygen atoms in total. The van der Waals surface area contributed by atoms with Gasteiger partial charge in [0.05, 0.1) is 18.5 Å². The summed E-state index contributed by atoms with van der Waals surface area (Å²) in [4.78, 5) is 40.4. The Hall–Kier alpha value is -3.49. The number of nitrogens with one attached hydrogen (secondary N) is 1. The zero-order chi connectivity index (χ0) is 19.1. The number of aromatic nitrogens is 1. The van der Waals surface area contributed by atoms with Crippen molar-refractivity contribution in [3.8, 4) is 0 Å². The van der Waals surface area contributed by atoms with E-state index in [2.05, 4.69) is 15.0 Å². The summed E-state index contributed by atoms with van der Waals surface area (Å²) < 4.78 is 4.61. The minimum atomic E-state index is -0.567. The highest BCUT2D eigenvalue weighted by atomic mass is 16.6. The van der Waals surface area contributed by atoms with Crippen LogP contribution in [0.5, 0.6) is 0 Å². The molecule has 0 saturated carbocycles. The average Bonchev–Trinajstić information content (AvgIpc) is 2.67. The molecule has 0 aliphatic carbocycles. The maximum atomic E-state index is 12.9. The number of anilines is 2. The van der Waals surface area contributed by atoms with Crippen molar-refractivity contribution >= 4 is 29.1 Å². The Kier molecular flexibility index (Phi) is 6.20. The fourth-order valence-electron chi connectivity index (χ4n) is 2.32. The molecule has 1 aromatic heterocycles. The molecule has 0 spiro atoms. The lowest BCUT2D eigenvalue weighted by Crippen LogP contribution is -2.34. The second-order valence-corrected chi connectivity index (χ2v) is 5.21. The highest BCUT2D eigenvalue weighted by molar-refractivity contribution is 6.06. The van der Waals surface area contributed by atoms with E-state index in [1.165, 1.54) is 36.4 Å².